The minimum Gasteiger partial charge on any atom is -0.434 e. The smallest absolute Gasteiger partial charge is 0.434 e. The Hall–Kier alpha value is -2.24. The van der Waals surface area contributed by atoms with Gasteiger partial charge in [-0.05, 0) is 25.5 Å². The number of hydrogen-bond donors (Lipinski definition) is 1. The van der Waals surface area contributed by atoms with Gasteiger partial charge >= 0.3 is 6.16 Å². The number of nitrogens with two attached hydrogens (primary N) is 1. The second kappa shape index (κ2) is 4.95. The number of anilines is 1. The molecule has 6 nitrogen and oxygen atoms in total. The normalized spacial score (nSPS) is 10.6. The molecule has 0 saturated carbocycles. The molecule has 2 rings (SSSR count). The summed E-state index contributed by atoms with van der Waals surface area (Å²) in [6.45, 7) is 3.92. The van der Waals surface area contributed by atoms with Crippen LogP contribution in [0.1, 0.15) is 19.5 Å². The fourth-order valence-corrected chi connectivity index (χ4v) is 1.66. The van der Waals surface area contributed by atoms with Crippen LogP contribution in [0.15, 0.2) is 18.3 Å². The second-order valence-corrected chi connectivity index (χ2v) is 3.70. The molecule has 6 heteroatoms. The maximum absolute atomic E-state index is 11.4. The van der Waals surface area contributed by atoms with Gasteiger partial charge in [-0.3, -0.25) is 0 Å². The predicted octanol–water partition coefficient (Wildman–Crippen LogP) is 2.01. The molecule has 2 aromatic heterocycles. The summed E-state index contributed by atoms with van der Waals surface area (Å²) < 4.78 is 11.6. The summed E-state index contributed by atoms with van der Waals surface area (Å²) >= 11 is 0. The lowest BCUT2D eigenvalue weighted by Crippen LogP contribution is -2.10. The van der Waals surface area contributed by atoms with Crippen LogP contribution in [0.5, 0.6) is 5.75 Å². The van der Waals surface area contributed by atoms with Crippen LogP contribution in [0.25, 0.3) is 5.52 Å². The first-order chi connectivity index (χ1) is 8.65. The van der Waals surface area contributed by atoms with Crippen LogP contribution in [0.2, 0.25) is 0 Å². The van der Waals surface area contributed by atoms with Crippen LogP contribution >= 0.6 is 0 Å². The second-order valence-electron chi connectivity index (χ2n) is 3.70. The quantitative estimate of drug-likeness (QED) is 0.842. The maximum Gasteiger partial charge on any atom is 0.513 e. The van der Waals surface area contributed by atoms with Gasteiger partial charge < -0.3 is 15.2 Å². The molecule has 2 N–H and O–H groups in total. The van der Waals surface area contributed by atoms with Crippen molar-refractivity contribution in [3.63, 3.8) is 0 Å². The Morgan fingerprint density at radius 3 is 2.94 bits per heavy atom. The van der Waals surface area contributed by atoms with E-state index >= 15 is 0 Å². The van der Waals surface area contributed by atoms with E-state index in [2.05, 4.69) is 5.10 Å². The fraction of sp³-hybridized carbons (Fsp3) is 0.333. The highest BCUT2D eigenvalue weighted by Gasteiger charge is 2.17. The third-order valence-electron chi connectivity index (χ3n) is 2.46. The van der Waals surface area contributed by atoms with E-state index < -0.39 is 6.16 Å². The highest BCUT2D eigenvalue weighted by molar-refractivity contribution is 5.73. The number of rotatable bonds is 3. The Kier molecular flexibility index (Phi) is 3.36. The lowest BCUT2D eigenvalue weighted by atomic mass is 10.2. The van der Waals surface area contributed by atoms with E-state index in [1.54, 1.807) is 29.8 Å². The van der Waals surface area contributed by atoms with Crippen LogP contribution in [-0.2, 0) is 11.2 Å². The van der Waals surface area contributed by atoms with Crippen molar-refractivity contribution in [1.82, 2.24) is 9.61 Å². The number of pyridine rings is 1. The SMILES string of the molecule is CCOC(=O)Oc1c(CC)nn2ccc(N)cc12. The zero-order valence-electron chi connectivity index (χ0n) is 10.3. The van der Waals surface area contributed by atoms with Crippen molar-refractivity contribution in [2.75, 3.05) is 12.3 Å². The first-order valence-electron chi connectivity index (χ1n) is 5.77. The standard InChI is InChI=1S/C12H15N3O3/c1-3-9-11(18-12(16)17-4-2)10-7-8(13)5-6-15(10)14-9/h5-7H,3-4,13H2,1-2H3. The number of nitrogens with zero attached hydrogens (tertiary/aromatic N) is 2. The van der Waals surface area contributed by atoms with Gasteiger partial charge in [0, 0.05) is 11.9 Å². The van der Waals surface area contributed by atoms with Crippen molar-refractivity contribution >= 4 is 17.4 Å². The fourth-order valence-electron chi connectivity index (χ4n) is 1.66. The van der Waals surface area contributed by atoms with E-state index in [1.165, 1.54) is 0 Å². The van der Waals surface area contributed by atoms with Crippen molar-refractivity contribution in [2.24, 2.45) is 0 Å². The zero-order chi connectivity index (χ0) is 13.1. The summed E-state index contributed by atoms with van der Waals surface area (Å²) in [5.41, 5.74) is 7.64. The topological polar surface area (TPSA) is 78.8 Å². The minimum absolute atomic E-state index is 0.266. The molecule has 0 bridgehead atoms. The summed E-state index contributed by atoms with van der Waals surface area (Å²) in [4.78, 5) is 11.4. The molecule has 0 fully saturated rings. The first kappa shape index (κ1) is 12.2. The minimum atomic E-state index is -0.732. The van der Waals surface area contributed by atoms with Gasteiger partial charge in [0.25, 0.3) is 0 Å². The van der Waals surface area contributed by atoms with Crippen molar-refractivity contribution < 1.29 is 14.3 Å². The van der Waals surface area contributed by atoms with Gasteiger partial charge in [-0.1, -0.05) is 6.92 Å². The van der Waals surface area contributed by atoms with Crippen molar-refractivity contribution in [3.05, 3.63) is 24.0 Å². The summed E-state index contributed by atoms with van der Waals surface area (Å²) in [5.74, 6) is 0.406. The molecule has 0 radical (unpaired) electrons. The summed E-state index contributed by atoms with van der Waals surface area (Å²) in [7, 11) is 0. The Balaban J connectivity index is 2.45. The third kappa shape index (κ3) is 2.22. The van der Waals surface area contributed by atoms with Gasteiger partial charge in [-0.2, -0.15) is 5.10 Å². The van der Waals surface area contributed by atoms with Crippen LogP contribution in [0, 0.1) is 0 Å². The summed E-state index contributed by atoms with van der Waals surface area (Å²) in [6, 6.07) is 3.44. The molecule has 0 amide bonds. The molecular weight excluding hydrogens is 234 g/mol. The molecule has 0 aliphatic rings. The molecule has 0 aliphatic heterocycles. The summed E-state index contributed by atoms with van der Waals surface area (Å²) in [5, 5.41) is 4.31. The van der Waals surface area contributed by atoms with E-state index in [4.69, 9.17) is 15.2 Å². The molecule has 96 valence electrons. The van der Waals surface area contributed by atoms with Crippen molar-refractivity contribution in [2.45, 2.75) is 20.3 Å². The van der Waals surface area contributed by atoms with E-state index in [0.29, 0.717) is 29.1 Å². The molecule has 2 aromatic rings. The molecule has 0 atom stereocenters. The monoisotopic (exact) mass is 249 g/mol. The first-order valence-corrected chi connectivity index (χ1v) is 5.77. The molecule has 0 saturated heterocycles. The number of carbonyl (C=O) groups excluding carboxylic acids is 1. The van der Waals surface area contributed by atoms with Gasteiger partial charge in [-0.15, -0.1) is 0 Å². The maximum atomic E-state index is 11.4. The Bertz CT molecular complexity index is 577. The van der Waals surface area contributed by atoms with Gasteiger partial charge in [-0.25, -0.2) is 9.31 Å². The number of hydrogen-bond acceptors (Lipinski definition) is 5. The van der Waals surface area contributed by atoms with Crippen molar-refractivity contribution in [3.8, 4) is 5.75 Å². The highest BCUT2D eigenvalue weighted by Crippen LogP contribution is 2.27. The van der Waals surface area contributed by atoms with Crippen LogP contribution in [0.4, 0.5) is 10.5 Å². The Morgan fingerprint density at radius 2 is 2.28 bits per heavy atom. The number of carbonyl (C=O) groups is 1. The molecular formula is C12H15N3O3. The largest absolute Gasteiger partial charge is 0.513 e. The molecule has 0 aliphatic carbocycles. The van der Waals surface area contributed by atoms with Gasteiger partial charge in [0.15, 0.2) is 5.75 Å². The molecule has 2 heterocycles. The lowest BCUT2D eigenvalue weighted by molar-refractivity contribution is 0.104. The van der Waals surface area contributed by atoms with E-state index in [1.807, 2.05) is 6.92 Å². The average molecular weight is 249 g/mol. The van der Waals surface area contributed by atoms with Crippen molar-refractivity contribution in [1.29, 1.82) is 0 Å². The predicted molar refractivity (Wildman–Crippen MR) is 66.6 cm³/mol. The third-order valence-corrected chi connectivity index (χ3v) is 2.46. The highest BCUT2D eigenvalue weighted by atomic mass is 16.7. The average Bonchev–Trinajstić information content (AvgIpc) is 2.67. The number of ether oxygens (including phenoxy) is 2. The molecule has 18 heavy (non-hydrogen) atoms. The Morgan fingerprint density at radius 1 is 1.50 bits per heavy atom. The van der Waals surface area contributed by atoms with E-state index in [0.717, 1.165) is 0 Å². The van der Waals surface area contributed by atoms with Gasteiger partial charge in [0.2, 0.25) is 0 Å². The summed E-state index contributed by atoms with van der Waals surface area (Å²) in [6.07, 6.45) is 1.64. The van der Waals surface area contributed by atoms with Crippen LogP contribution in [0.3, 0.4) is 0 Å². The molecule has 0 aromatic carbocycles. The van der Waals surface area contributed by atoms with Crippen LogP contribution in [-0.4, -0.2) is 22.4 Å². The lowest BCUT2D eigenvalue weighted by Gasteiger charge is -2.04. The molecule has 0 unspecified atom stereocenters. The van der Waals surface area contributed by atoms with Gasteiger partial charge in [0.1, 0.15) is 11.2 Å². The van der Waals surface area contributed by atoms with Gasteiger partial charge in [0.05, 0.1) is 6.61 Å². The number of nitrogen functional groups attached to an aromatic ring is 1. The van der Waals surface area contributed by atoms with E-state index in [9.17, 15) is 4.79 Å². The van der Waals surface area contributed by atoms with E-state index in [-0.39, 0.29) is 6.61 Å². The van der Waals surface area contributed by atoms with Crippen LogP contribution < -0.4 is 10.5 Å². The molecule has 0 spiro atoms. The zero-order valence-corrected chi connectivity index (χ0v) is 10.3. The Labute approximate surface area is 104 Å². The number of fused-ring (bicyclic) bond motifs is 1. The number of aromatic nitrogens is 2. The number of aryl methyl sites for hydroxylation is 1.